The standard InChI is InChI=1S/C19H21Cl2N3O2/c1-26-18-4-2-17(3-5-18)24-8-6-23(7-9-24)13-19(25)22-16-11-14(20)10-15(21)12-16/h2-5,10-12H,6-9,13H2,1H3,(H,22,25). The molecule has 1 aliphatic heterocycles. The third kappa shape index (κ3) is 5.04. The lowest BCUT2D eigenvalue weighted by molar-refractivity contribution is -0.117. The average molecular weight is 394 g/mol. The van der Waals surface area contributed by atoms with Crippen LogP contribution in [-0.4, -0.2) is 50.6 Å². The third-order valence-electron chi connectivity index (χ3n) is 4.32. The predicted molar refractivity (Wildman–Crippen MR) is 107 cm³/mol. The summed E-state index contributed by atoms with van der Waals surface area (Å²) in [5, 5.41) is 3.85. The first kappa shape index (κ1) is 18.8. The maximum atomic E-state index is 12.3. The van der Waals surface area contributed by atoms with Crippen LogP contribution in [0.2, 0.25) is 10.0 Å². The Balaban J connectivity index is 1.49. The van der Waals surface area contributed by atoms with Gasteiger partial charge in [0.15, 0.2) is 0 Å². The molecule has 5 nitrogen and oxygen atoms in total. The topological polar surface area (TPSA) is 44.8 Å². The van der Waals surface area contributed by atoms with Crippen LogP contribution in [0.5, 0.6) is 5.75 Å². The Morgan fingerprint density at radius 1 is 1.04 bits per heavy atom. The zero-order chi connectivity index (χ0) is 18.5. The van der Waals surface area contributed by atoms with Gasteiger partial charge in [0.25, 0.3) is 0 Å². The van der Waals surface area contributed by atoms with Gasteiger partial charge in [-0.2, -0.15) is 0 Å². The highest BCUT2D eigenvalue weighted by Crippen LogP contribution is 2.23. The molecule has 3 rings (SSSR count). The number of ether oxygens (including phenoxy) is 1. The van der Waals surface area contributed by atoms with Gasteiger partial charge in [-0.25, -0.2) is 0 Å². The fraction of sp³-hybridized carbons (Fsp3) is 0.316. The maximum absolute atomic E-state index is 12.3. The summed E-state index contributed by atoms with van der Waals surface area (Å²) < 4.78 is 5.19. The summed E-state index contributed by atoms with van der Waals surface area (Å²) in [5.74, 6) is 0.784. The van der Waals surface area contributed by atoms with E-state index in [1.165, 1.54) is 5.69 Å². The monoisotopic (exact) mass is 393 g/mol. The number of piperazine rings is 1. The van der Waals surface area contributed by atoms with Crippen molar-refractivity contribution in [3.05, 3.63) is 52.5 Å². The molecule has 0 unspecified atom stereocenters. The molecule has 0 bridgehead atoms. The van der Waals surface area contributed by atoms with Gasteiger partial charge < -0.3 is 15.0 Å². The van der Waals surface area contributed by atoms with Crippen LogP contribution in [0.3, 0.4) is 0 Å². The lowest BCUT2D eigenvalue weighted by Crippen LogP contribution is -2.48. The molecule has 0 radical (unpaired) electrons. The molecule has 0 aliphatic carbocycles. The Morgan fingerprint density at radius 2 is 1.65 bits per heavy atom. The van der Waals surface area contributed by atoms with E-state index < -0.39 is 0 Å². The third-order valence-corrected chi connectivity index (χ3v) is 4.76. The first-order valence-electron chi connectivity index (χ1n) is 8.41. The number of rotatable bonds is 5. The summed E-state index contributed by atoms with van der Waals surface area (Å²) in [5.41, 5.74) is 1.79. The first-order valence-corrected chi connectivity index (χ1v) is 9.16. The Morgan fingerprint density at radius 3 is 2.23 bits per heavy atom. The van der Waals surface area contributed by atoms with Crippen LogP contribution in [0.4, 0.5) is 11.4 Å². The second-order valence-corrected chi connectivity index (χ2v) is 7.04. The minimum Gasteiger partial charge on any atom is -0.497 e. The van der Waals surface area contributed by atoms with E-state index in [9.17, 15) is 4.79 Å². The van der Waals surface area contributed by atoms with Crippen molar-refractivity contribution in [2.24, 2.45) is 0 Å². The average Bonchev–Trinajstić information content (AvgIpc) is 2.61. The smallest absolute Gasteiger partial charge is 0.238 e. The van der Waals surface area contributed by atoms with Gasteiger partial charge in [-0.15, -0.1) is 0 Å². The normalized spacial score (nSPS) is 15.0. The van der Waals surface area contributed by atoms with E-state index in [2.05, 4.69) is 27.2 Å². The minimum atomic E-state index is -0.0683. The van der Waals surface area contributed by atoms with Gasteiger partial charge in [0.2, 0.25) is 5.91 Å². The SMILES string of the molecule is COc1ccc(N2CCN(CC(=O)Nc3cc(Cl)cc(Cl)c3)CC2)cc1. The van der Waals surface area contributed by atoms with Crippen LogP contribution in [0, 0.1) is 0 Å². The molecule has 1 aliphatic rings. The summed E-state index contributed by atoms with van der Waals surface area (Å²) in [7, 11) is 1.66. The molecule has 0 aromatic heterocycles. The largest absolute Gasteiger partial charge is 0.497 e. The van der Waals surface area contributed by atoms with Crippen molar-refractivity contribution in [3.8, 4) is 5.75 Å². The minimum absolute atomic E-state index is 0.0683. The van der Waals surface area contributed by atoms with E-state index in [1.807, 2.05) is 12.1 Å². The molecule has 0 spiro atoms. The zero-order valence-electron chi connectivity index (χ0n) is 14.5. The number of nitrogens with one attached hydrogen (secondary N) is 1. The molecule has 1 amide bonds. The highest BCUT2D eigenvalue weighted by atomic mass is 35.5. The predicted octanol–water partition coefficient (Wildman–Crippen LogP) is 3.76. The number of carbonyl (C=O) groups excluding carboxylic acids is 1. The number of amides is 1. The number of carbonyl (C=O) groups is 1. The van der Waals surface area contributed by atoms with E-state index in [1.54, 1.807) is 25.3 Å². The molecule has 0 atom stereocenters. The Bertz CT molecular complexity index is 740. The molecule has 1 saturated heterocycles. The Kier molecular flexibility index (Phi) is 6.25. The Labute approximate surface area is 163 Å². The number of hydrogen-bond donors (Lipinski definition) is 1. The summed E-state index contributed by atoms with van der Waals surface area (Å²) in [6, 6.07) is 13.1. The quantitative estimate of drug-likeness (QED) is 0.839. The van der Waals surface area contributed by atoms with Crippen molar-refractivity contribution < 1.29 is 9.53 Å². The van der Waals surface area contributed by atoms with E-state index >= 15 is 0 Å². The summed E-state index contributed by atoms with van der Waals surface area (Å²) in [6.45, 7) is 3.76. The van der Waals surface area contributed by atoms with Gasteiger partial charge >= 0.3 is 0 Å². The number of nitrogens with zero attached hydrogens (tertiary/aromatic N) is 2. The molecule has 1 fully saturated rings. The van der Waals surface area contributed by atoms with E-state index in [-0.39, 0.29) is 5.91 Å². The van der Waals surface area contributed by atoms with Crippen molar-refractivity contribution in [2.45, 2.75) is 0 Å². The summed E-state index contributed by atoms with van der Waals surface area (Å²) >= 11 is 11.9. The molecule has 26 heavy (non-hydrogen) atoms. The number of anilines is 2. The lowest BCUT2D eigenvalue weighted by Gasteiger charge is -2.35. The molecule has 2 aromatic carbocycles. The highest BCUT2D eigenvalue weighted by molar-refractivity contribution is 6.35. The first-order chi connectivity index (χ1) is 12.5. The molecule has 1 heterocycles. The summed E-state index contributed by atoms with van der Waals surface area (Å²) in [4.78, 5) is 16.7. The van der Waals surface area contributed by atoms with Crippen LogP contribution >= 0.6 is 23.2 Å². The van der Waals surface area contributed by atoms with E-state index in [4.69, 9.17) is 27.9 Å². The second-order valence-electron chi connectivity index (χ2n) is 6.17. The molecule has 138 valence electrons. The second kappa shape index (κ2) is 8.62. The lowest BCUT2D eigenvalue weighted by atomic mass is 10.2. The van der Waals surface area contributed by atoms with Crippen LogP contribution < -0.4 is 15.0 Å². The van der Waals surface area contributed by atoms with Gasteiger partial charge in [0.05, 0.1) is 13.7 Å². The van der Waals surface area contributed by atoms with Crippen molar-refractivity contribution in [1.82, 2.24) is 4.90 Å². The molecular weight excluding hydrogens is 373 g/mol. The van der Waals surface area contributed by atoms with Crippen LogP contribution in [0.1, 0.15) is 0 Å². The molecular formula is C19H21Cl2N3O2. The van der Waals surface area contributed by atoms with Crippen molar-refractivity contribution >= 4 is 40.5 Å². The fourth-order valence-corrected chi connectivity index (χ4v) is 3.51. The van der Waals surface area contributed by atoms with E-state index in [0.29, 0.717) is 22.3 Å². The van der Waals surface area contributed by atoms with Gasteiger partial charge in [-0.05, 0) is 42.5 Å². The van der Waals surface area contributed by atoms with Crippen LogP contribution in [-0.2, 0) is 4.79 Å². The number of halogens is 2. The van der Waals surface area contributed by atoms with Crippen molar-refractivity contribution in [3.63, 3.8) is 0 Å². The molecule has 7 heteroatoms. The van der Waals surface area contributed by atoms with Crippen molar-refractivity contribution in [2.75, 3.05) is 50.1 Å². The number of hydrogen-bond acceptors (Lipinski definition) is 4. The van der Waals surface area contributed by atoms with Gasteiger partial charge in [0.1, 0.15) is 5.75 Å². The number of methoxy groups -OCH3 is 1. The number of benzene rings is 2. The van der Waals surface area contributed by atoms with Crippen LogP contribution in [0.25, 0.3) is 0 Å². The van der Waals surface area contributed by atoms with E-state index in [0.717, 1.165) is 31.9 Å². The molecule has 0 saturated carbocycles. The fourth-order valence-electron chi connectivity index (χ4n) is 2.99. The molecule has 2 aromatic rings. The van der Waals surface area contributed by atoms with Crippen molar-refractivity contribution in [1.29, 1.82) is 0 Å². The highest BCUT2D eigenvalue weighted by Gasteiger charge is 2.19. The van der Waals surface area contributed by atoms with Gasteiger partial charge in [-0.1, -0.05) is 23.2 Å². The Hall–Kier alpha value is -1.95. The molecule has 1 N–H and O–H groups in total. The zero-order valence-corrected chi connectivity index (χ0v) is 16.1. The maximum Gasteiger partial charge on any atom is 0.238 e. The van der Waals surface area contributed by atoms with Gasteiger partial charge in [0, 0.05) is 47.6 Å². The van der Waals surface area contributed by atoms with Gasteiger partial charge in [-0.3, -0.25) is 9.69 Å². The van der Waals surface area contributed by atoms with Crippen LogP contribution in [0.15, 0.2) is 42.5 Å². The summed E-state index contributed by atoms with van der Waals surface area (Å²) in [6.07, 6.45) is 0.